The van der Waals surface area contributed by atoms with Crippen molar-refractivity contribution in [3.63, 3.8) is 0 Å². The summed E-state index contributed by atoms with van der Waals surface area (Å²) in [6, 6.07) is -2.69. The van der Waals surface area contributed by atoms with E-state index in [4.69, 9.17) is 17.7 Å². The minimum Gasteiger partial charge on any atom is -0.394 e. The molecule has 6 atom stereocenters. The van der Waals surface area contributed by atoms with E-state index in [1.54, 1.807) is 0 Å². The molecule has 1 unspecified atom stereocenters. The fraction of sp³-hybridized carbons (Fsp3) is 0.500. The first-order chi connectivity index (χ1) is 12.5. The van der Waals surface area contributed by atoms with E-state index in [9.17, 15) is 25.7 Å². The molecule has 1 aromatic rings. The normalized spacial score (nSPS) is 39.7. The van der Waals surface area contributed by atoms with Gasteiger partial charge in [0.05, 0.1) is 20.9 Å². The molecule has 1 aliphatic heterocycles. The molecule has 1 heterocycles. The third kappa shape index (κ3) is 3.39. The summed E-state index contributed by atoms with van der Waals surface area (Å²) in [4.78, 5) is 0. The smallest absolute Gasteiger partial charge is 0.188 e. The van der Waals surface area contributed by atoms with Crippen molar-refractivity contribution in [1.29, 1.82) is 5.26 Å². The van der Waals surface area contributed by atoms with Gasteiger partial charge in [0.2, 0.25) is 0 Å². The Bertz CT molecular complexity index is 744. The molecule has 7 heteroatoms. The summed E-state index contributed by atoms with van der Waals surface area (Å²) in [6.07, 6.45) is -11.7. The zero-order chi connectivity index (χ0) is 20.7. The Balaban J connectivity index is 2.49. The van der Waals surface area contributed by atoms with E-state index in [1.165, 1.54) is 6.07 Å². The highest BCUT2D eigenvalue weighted by Gasteiger charge is 2.44. The van der Waals surface area contributed by atoms with Crippen LogP contribution in [-0.2, 0) is 9.47 Å². The largest absolute Gasteiger partial charge is 0.394 e. The quantitative estimate of drug-likeness (QED) is 0.566. The molecule has 0 saturated carbocycles. The minimum absolute atomic E-state index is 0.734. The Morgan fingerprint density at radius 3 is 2.52 bits per heavy atom. The molecule has 0 spiro atoms. The van der Waals surface area contributed by atoms with Gasteiger partial charge in [-0.1, -0.05) is 30.2 Å². The molecule has 1 fully saturated rings. The number of hydrogen-bond acceptors (Lipinski definition) is 7. The number of benzene rings is 1. The summed E-state index contributed by atoms with van der Waals surface area (Å²) in [7, 11) is 0. The molecule has 7 nitrogen and oxygen atoms in total. The number of nitrogens with zero attached hydrogens (tertiary/aromatic N) is 1. The van der Waals surface area contributed by atoms with Crippen LogP contribution in [0.3, 0.4) is 0 Å². The number of nitriles is 1. The average molecular weight is 301 g/mol. The lowest BCUT2D eigenvalue weighted by Crippen LogP contribution is -2.59. The van der Waals surface area contributed by atoms with Crippen LogP contribution in [0.1, 0.15) is 19.9 Å². The van der Waals surface area contributed by atoms with Crippen molar-refractivity contribution in [3.05, 3.63) is 35.8 Å². The highest BCUT2D eigenvalue weighted by molar-refractivity contribution is 5.22. The second kappa shape index (κ2) is 6.95. The molecule has 2 rings (SSSR count). The van der Waals surface area contributed by atoms with E-state index in [0.717, 1.165) is 0 Å². The molecular weight excluding hydrogens is 278 g/mol. The second-order valence-electron chi connectivity index (χ2n) is 4.26. The highest BCUT2D eigenvalue weighted by atomic mass is 16.7. The Morgan fingerprint density at radius 1 is 1.29 bits per heavy atom. The van der Waals surface area contributed by atoms with Crippen molar-refractivity contribution >= 4 is 0 Å². The fourth-order valence-corrected chi connectivity index (χ4v) is 1.79. The number of ether oxygens (including phenoxy) is 2. The molecule has 0 radical (unpaired) electrons. The molecular formula is C14H17NO6. The average Bonchev–Trinajstić information content (AvgIpc) is 2.65. The monoisotopic (exact) mass is 301 g/mol. The standard InChI is InChI=1S/C14H17NO6/c15-6-9(8-4-2-1-3-5-8)20-14-13(19)12(18)11(17)10(7-16)21-14/h1-5,9-14,16-19H,7H2/t9?,10-,11-,12+,13-,14-/m1/s1/i1D,2D,3D,4D,5D,9D. The third-order valence-electron chi connectivity index (χ3n) is 2.91. The summed E-state index contributed by atoms with van der Waals surface area (Å²) in [5.74, 6) is 0. The van der Waals surface area contributed by atoms with Gasteiger partial charge < -0.3 is 29.9 Å². The topological polar surface area (TPSA) is 123 Å². The van der Waals surface area contributed by atoms with Crippen LogP contribution in [0.15, 0.2) is 30.2 Å². The predicted octanol–water partition coefficient (Wildman–Crippen LogP) is -0.932. The van der Waals surface area contributed by atoms with Gasteiger partial charge in [0.25, 0.3) is 0 Å². The van der Waals surface area contributed by atoms with E-state index in [0.29, 0.717) is 0 Å². The summed E-state index contributed by atoms with van der Waals surface area (Å²) < 4.78 is 56.8. The molecule has 21 heavy (non-hydrogen) atoms. The van der Waals surface area contributed by atoms with Crippen molar-refractivity contribution in [2.24, 2.45) is 0 Å². The van der Waals surface area contributed by atoms with Crippen LogP contribution >= 0.6 is 0 Å². The maximum absolute atomic E-state index is 9.99. The second-order valence-corrected chi connectivity index (χ2v) is 4.26. The number of aliphatic hydroxyl groups excluding tert-OH is 4. The summed E-state index contributed by atoms with van der Waals surface area (Å²) >= 11 is 0. The van der Waals surface area contributed by atoms with E-state index in [2.05, 4.69) is 0 Å². The molecule has 4 N–H and O–H groups in total. The summed E-state index contributed by atoms with van der Waals surface area (Å²) in [6.45, 7) is -0.781. The SMILES string of the molecule is [2H]c1c([2H])c([2H])c(C([2H])(C#N)O[C@@H]2O[C@H](CO)[C@@H](O)[C@H](O)[C@H]2O)c([2H])c1[2H]. The van der Waals surface area contributed by atoms with Crippen molar-refractivity contribution in [2.45, 2.75) is 36.8 Å². The van der Waals surface area contributed by atoms with Gasteiger partial charge in [0.15, 0.2) is 12.4 Å². The predicted molar refractivity (Wildman–Crippen MR) is 69.6 cm³/mol. The van der Waals surface area contributed by atoms with E-state index >= 15 is 0 Å². The summed E-state index contributed by atoms with van der Waals surface area (Å²) in [5.41, 5.74) is -0.812. The molecule has 114 valence electrons. The van der Waals surface area contributed by atoms with Crippen LogP contribution in [-0.4, -0.2) is 57.7 Å². The van der Waals surface area contributed by atoms with Crippen LogP contribution in [0.25, 0.3) is 0 Å². The van der Waals surface area contributed by atoms with Gasteiger partial charge in [0.1, 0.15) is 24.4 Å². The Hall–Kier alpha value is -1.53. The molecule has 0 bridgehead atoms. The Morgan fingerprint density at radius 2 is 1.95 bits per heavy atom. The van der Waals surface area contributed by atoms with Gasteiger partial charge in [-0.15, -0.1) is 0 Å². The van der Waals surface area contributed by atoms with Crippen LogP contribution < -0.4 is 0 Å². The fourth-order valence-electron chi connectivity index (χ4n) is 1.79. The number of aliphatic hydroxyl groups is 4. The lowest BCUT2D eigenvalue weighted by atomic mass is 9.99. The van der Waals surface area contributed by atoms with Gasteiger partial charge in [-0.2, -0.15) is 5.26 Å². The third-order valence-corrected chi connectivity index (χ3v) is 2.91. The van der Waals surface area contributed by atoms with Gasteiger partial charge in [-0.05, 0) is 5.56 Å². The van der Waals surface area contributed by atoms with Crippen LogP contribution in [0.5, 0.6) is 0 Å². The van der Waals surface area contributed by atoms with Gasteiger partial charge in [0, 0.05) is 0 Å². The first-order valence-electron chi connectivity index (χ1n) is 8.97. The Kier molecular flexibility index (Phi) is 3.14. The number of rotatable bonds is 4. The first-order valence-corrected chi connectivity index (χ1v) is 5.97. The Labute approximate surface area is 130 Å². The van der Waals surface area contributed by atoms with Crippen LogP contribution in [0, 0.1) is 11.3 Å². The van der Waals surface area contributed by atoms with E-state index in [-0.39, 0.29) is 0 Å². The van der Waals surface area contributed by atoms with Gasteiger partial charge in [-0.3, -0.25) is 0 Å². The van der Waals surface area contributed by atoms with Crippen molar-refractivity contribution in [1.82, 2.24) is 0 Å². The van der Waals surface area contributed by atoms with E-state index in [1.807, 2.05) is 0 Å². The molecule has 1 aliphatic rings. The molecule has 0 amide bonds. The van der Waals surface area contributed by atoms with Crippen molar-refractivity contribution in [3.8, 4) is 6.07 Å². The molecule has 1 aromatic carbocycles. The number of hydrogen-bond donors (Lipinski definition) is 4. The molecule has 1 saturated heterocycles. The molecule has 0 aliphatic carbocycles. The van der Waals surface area contributed by atoms with Crippen LogP contribution in [0.2, 0.25) is 0 Å². The minimum atomic E-state index is -2.92. The summed E-state index contributed by atoms with van der Waals surface area (Å²) in [5, 5.41) is 48.1. The van der Waals surface area contributed by atoms with Gasteiger partial charge >= 0.3 is 0 Å². The van der Waals surface area contributed by atoms with E-state index < -0.39 is 79.2 Å². The lowest BCUT2D eigenvalue weighted by Gasteiger charge is -2.40. The van der Waals surface area contributed by atoms with Crippen LogP contribution in [0.4, 0.5) is 0 Å². The zero-order valence-corrected chi connectivity index (χ0v) is 10.6. The van der Waals surface area contributed by atoms with Gasteiger partial charge in [-0.25, -0.2) is 0 Å². The maximum Gasteiger partial charge on any atom is 0.188 e. The maximum atomic E-state index is 9.99. The zero-order valence-electron chi connectivity index (χ0n) is 16.6. The lowest BCUT2D eigenvalue weighted by molar-refractivity contribution is -0.307. The highest BCUT2D eigenvalue weighted by Crippen LogP contribution is 2.27. The van der Waals surface area contributed by atoms with Crippen molar-refractivity contribution in [2.75, 3.05) is 6.61 Å². The molecule has 0 aromatic heterocycles. The van der Waals surface area contributed by atoms with Crippen molar-refractivity contribution < 1.29 is 38.1 Å². The first kappa shape index (κ1) is 9.48.